The number of benzene rings is 2. The summed E-state index contributed by atoms with van der Waals surface area (Å²) in [5.74, 6) is -0.283. The summed E-state index contributed by atoms with van der Waals surface area (Å²) < 4.78 is 23.2. The molecule has 3 aromatic rings. The number of thiazole rings is 1. The fourth-order valence-corrected chi connectivity index (χ4v) is 3.28. The first-order chi connectivity index (χ1) is 13.6. The highest BCUT2D eigenvalue weighted by molar-refractivity contribution is 7.13. The number of aromatic nitrogens is 1. The first-order valence-electron chi connectivity index (χ1n) is 8.62. The number of nitrogens with zero attached hydrogens (tertiary/aromatic N) is 1. The average Bonchev–Trinajstić information content (AvgIpc) is 3.22. The molecule has 7 heteroatoms. The number of carbonyl (C=O) groups excluding carboxylic acids is 2. The zero-order valence-corrected chi connectivity index (χ0v) is 16.0. The number of ether oxygens (including phenoxy) is 2. The van der Waals surface area contributed by atoms with E-state index < -0.39 is 5.97 Å². The Morgan fingerprint density at radius 2 is 1.79 bits per heavy atom. The highest BCUT2D eigenvalue weighted by Crippen LogP contribution is 2.26. The molecule has 144 valence electrons. The Morgan fingerprint density at radius 3 is 2.46 bits per heavy atom. The molecule has 0 aliphatic carbocycles. The molecule has 0 bridgehead atoms. The highest BCUT2D eigenvalue weighted by atomic mass is 32.1. The Balaban J connectivity index is 1.48. The van der Waals surface area contributed by atoms with Gasteiger partial charge in [-0.2, -0.15) is 0 Å². The maximum Gasteiger partial charge on any atom is 0.357 e. The van der Waals surface area contributed by atoms with Gasteiger partial charge in [-0.3, -0.25) is 4.79 Å². The maximum absolute atomic E-state index is 12.9. The minimum absolute atomic E-state index is 0.112. The lowest BCUT2D eigenvalue weighted by molar-refractivity contribution is 0.0488. The predicted molar refractivity (Wildman–Crippen MR) is 104 cm³/mol. The van der Waals surface area contributed by atoms with Gasteiger partial charge in [0.25, 0.3) is 0 Å². The number of esters is 1. The molecule has 0 aliphatic rings. The first-order valence-corrected chi connectivity index (χ1v) is 9.50. The van der Waals surface area contributed by atoms with Gasteiger partial charge in [0.1, 0.15) is 16.6 Å². The third-order valence-corrected chi connectivity index (χ3v) is 4.89. The summed E-state index contributed by atoms with van der Waals surface area (Å²) in [6, 6.07) is 12.8. The Kier molecular flexibility index (Phi) is 6.49. The molecule has 0 fully saturated rings. The smallest absolute Gasteiger partial charge is 0.357 e. The summed E-state index contributed by atoms with van der Waals surface area (Å²) in [6.07, 6.45) is 0.602. The van der Waals surface area contributed by atoms with E-state index in [1.165, 1.54) is 35.6 Å². The second-order valence-corrected chi connectivity index (χ2v) is 6.79. The Labute approximate surface area is 165 Å². The second kappa shape index (κ2) is 9.23. The van der Waals surface area contributed by atoms with Crippen LogP contribution in [-0.4, -0.2) is 30.5 Å². The second-order valence-electron chi connectivity index (χ2n) is 5.94. The van der Waals surface area contributed by atoms with E-state index in [0.29, 0.717) is 17.0 Å². The molecule has 1 heterocycles. The van der Waals surface area contributed by atoms with Crippen LogP contribution in [0.1, 0.15) is 33.7 Å². The number of ketones is 1. The summed E-state index contributed by atoms with van der Waals surface area (Å²) in [4.78, 5) is 28.4. The molecule has 5 nitrogen and oxygen atoms in total. The molecular weight excluding hydrogens is 381 g/mol. The largest absolute Gasteiger partial charge is 0.497 e. The summed E-state index contributed by atoms with van der Waals surface area (Å²) in [5, 5.41) is 2.35. The molecule has 0 N–H and O–H groups in total. The molecule has 0 amide bonds. The molecular formula is C21H18FNO4S. The van der Waals surface area contributed by atoms with Gasteiger partial charge in [-0.25, -0.2) is 14.2 Å². The first kappa shape index (κ1) is 19.7. The van der Waals surface area contributed by atoms with Crippen LogP contribution in [0.25, 0.3) is 10.6 Å². The van der Waals surface area contributed by atoms with Crippen LogP contribution in [0.3, 0.4) is 0 Å². The van der Waals surface area contributed by atoms with Gasteiger partial charge in [0.05, 0.1) is 13.7 Å². The van der Waals surface area contributed by atoms with Crippen molar-refractivity contribution in [2.75, 3.05) is 13.7 Å². The van der Waals surface area contributed by atoms with Crippen molar-refractivity contribution in [3.63, 3.8) is 0 Å². The fraction of sp³-hybridized carbons (Fsp3) is 0.190. The SMILES string of the molecule is COc1ccc(-c2nc(C(=O)OCCCC(=O)c3ccc(F)cc3)cs2)cc1. The van der Waals surface area contributed by atoms with E-state index in [4.69, 9.17) is 9.47 Å². The van der Waals surface area contributed by atoms with Crippen molar-refractivity contribution in [1.29, 1.82) is 0 Å². The predicted octanol–water partition coefficient (Wildman–Crippen LogP) is 4.78. The van der Waals surface area contributed by atoms with Crippen LogP contribution >= 0.6 is 11.3 Å². The quantitative estimate of drug-likeness (QED) is 0.310. The number of rotatable bonds is 8. The molecule has 0 saturated heterocycles. The third kappa shape index (κ3) is 5.01. The van der Waals surface area contributed by atoms with Crippen molar-refractivity contribution in [2.45, 2.75) is 12.8 Å². The summed E-state index contributed by atoms with van der Waals surface area (Å²) in [7, 11) is 1.60. The van der Waals surface area contributed by atoms with Gasteiger partial charge in [0, 0.05) is 22.9 Å². The van der Waals surface area contributed by atoms with E-state index in [9.17, 15) is 14.0 Å². The van der Waals surface area contributed by atoms with Gasteiger partial charge in [-0.1, -0.05) is 0 Å². The van der Waals surface area contributed by atoms with Crippen LogP contribution in [0, 0.1) is 5.82 Å². The Hall–Kier alpha value is -3.06. The van der Waals surface area contributed by atoms with E-state index in [0.717, 1.165) is 11.3 Å². The van der Waals surface area contributed by atoms with Crippen molar-refractivity contribution in [1.82, 2.24) is 4.98 Å². The minimum Gasteiger partial charge on any atom is -0.497 e. The molecule has 0 spiro atoms. The normalized spacial score (nSPS) is 10.5. The van der Waals surface area contributed by atoms with Gasteiger partial charge < -0.3 is 9.47 Å². The van der Waals surface area contributed by atoms with Crippen LogP contribution in [0.5, 0.6) is 5.75 Å². The molecule has 3 rings (SSSR count). The van der Waals surface area contributed by atoms with Gasteiger partial charge in [-0.05, 0) is 55.0 Å². The Morgan fingerprint density at radius 1 is 1.07 bits per heavy atom. The Bertz CT molecular complexity index is 951. The highest BCUT2D eigenvalue weighted by Gasteiger charge is 2.14. The number of halogens is 1. The third-order valence-electron chi connectivity index (χ3n) is 4.00. The zero-order valence-electron chi connectivity index (χ0n) is 15.2. The van der Waals surface area contributed by atoms with E-state index in [1.807, 2.05) is 24.3 Å². The molecule has 1 aromatic heterocycles. The average molecular weight is 399 g/mol. The summed E-state index contributed by atoms with van der Waals surface area (Å²) in [6.45, 7) is 0.112. The lowest BCUT2D eigenvalue weighted by Gasteiger charge is -2.03. The van der Waals surface area contributed by atoms with Gasteiger partial charge in [-0.15, -0.1) is 11.3 Å². The van der Waals surface area contributed by atoms with E-state index in [-0.39, 0.29) is 30.3 Å². The number of hydrogen-bond acceptors (Lipinski definition) is 6. The molecule has 28 heavy (non-hydrogen) atoms. The summed E-state index contributed by atoms with van der Waals surface area (Å²) in [5.41, 5.74) is 1.56. The topological polar surface area (TPSA) is 65.5 Å². The van der Waals surface area contributed by atoms with Gasteiger partial charge >= 0.3 is 5.97 Å². The molecule has 0 atom stereocenters. The van der Waals surface area contributed by atoms with Crippen LogP contribution in [-0.2, 0) is 4.74 Å². The van der Waals surface area contributed by atoms with Crippen LogP contribution in [0.15, 0.2) is 53.9 Å². The van der Waals surface area contributed by atoms with Crippen molar-refractivity contribution in [3.8, 4) is 16.3 Å². The molecule has 0 unspecified atom stereocenters. The van der Waals surface area contributed by atoms with Crippen LogP contribution in [0.2, 0.25) is 0 Å². The van der Waals surface area contributed by atoms with Gasteiger partial charge in [0.2, 0.25) is 0 Å². The monoisotopic (exact) mass is 399 g/mol. The number of Topliss-reactive ketones (excluding diaryl/α,β-unsaturated/α-hetero) is 1. The van der Waals surface area contributed by atoms with Crippen molar-refractivity contribution >= 4 is 23.1 Å². The fourth-order valence-electron chi connectivity index (χ4n) is 2.49. The molecule has 0 saturated carbocycles. The lowest BCUT2D eigenvalue weighted by Crippen LogP contribution is -2.08. The zero-order chi connectivity index (χ0) is 19.9. The van der Waals surface area contributed by atoms with E-state index in [2.05, 4.69) is 4.98 Å². The molecule has 2 aromatic carbocycles. The van der Waals surface area contributed by atoms with E-state index >= 15 is 0 Å². The lowest BCUT2D eigenvalue weighted by atomic mass is 10.1. The number of carbonyl (C=O) groups is 2. The molecule has 0 aliphatic heterocycles. The van der Waals surface area contributed by atoms with Crippen LogP contribution in [0.4, 0.5) is 4.39 Å². The number of hydrogen-bond donors (Lipinski definition) is 0. The van der Waals surface area contributed by atoms with Crippen molar-refractivity contribution < 1.29 is 23.5 Å². The van der Waals surface area contributed by atoms with Gasteiger partial charge in [0.15, 0.2) is 11.5 Å². The van der Waals surface area contributed by atoms with Crippen LogP contribution < -0.4 is 4.74 Å². The summed E-state index contributed by atoms with van der Waals surface area (Å²) >= 11 is 1.35. The van der Waals surface area contributed by atoms with E-state index in [1.54, 1.807) is 12.5 Å². The van der Waals surface area contributed by atoms with Crippen molar-refractivity contribution in [3.05, 3.63) is 71.0 Å². The standard InChI is InChI=1S/C21H18FNO4S/c1-26-17-10-6-15(7-11-17)20-23-18(13-28-20)21(25)27-12-2-3-19(24)14-4-8-16(22)9-5-14/h4-11,13H,2-3,12H2,1H3. The molecule has 0 radical (unpaired) electrons. The number of methoxy groups -OCH3 is 1. The van der Waals surface area contributed by atoms with Crippen molar-refractivity contribution in [2.24, 2.45) is 0 Å². The maximum atomic E-state index is 12.9. The minimum atomic E-state index is -0.523.